The van der Waals surface area contributed by atoms with Gasteiger partial charge in [0.1, 0.15) is 5.57 Å². The molecule has 1 aromatic heterocycles. The van der Waals surface area contributed by atoms with Gasteiger partial charge in [0.15, 0.2) is 0 Å². The van der Waals surface area contributed by atoms with Crippen molar-refractivity contribution >= 4 is 35.3 Å². The van der Waals surface area contributed by atoms with E-state index in [0.717, 1.165) is 26.2 Å². The maximum Gasteiger partial charge on any atom is 0.335 e. The van der Waals surface area contributed by atoms with Crippen LogP contribution in [-0.2, 0) is 21.0 Å². The number of hydrogen-bond donors (Lipinski definition) is 3. The van der Waals surface area contributed by atoms with E-state index in [0.29, 0.717) is 29.2 Å². The average Bonchev–Trinajstić information content (AvgIpc) is 3.12. The lowest BCUT2D eigenvalue weighted by Gasteiger charge is -2.26. The van der Waals surface area contributed by atoms with Gasteiger partial charge in [0.2, 0.25) is 0 Å². The molecule has 0 saturated carbocycles. The zero-order valence-corrected chi connectivity index (χ0v) is 26.8. The van der Waals surface area contributed by atoms with Crippen molar-refractivity contribution in [1.82, 2.24) is 14.9 Å². The second-order valence-corrected chi connectivity index (χ2v) is 11.3. The smallest absolute Gasteiger partial charge is 0.313 e. The lowest BCUT2D eigenvalue weighted by Crippen LogP contribution is -2.54. The number of aromatic nitrogens is 2. The third-order valence-corrected chi connectivity index (χ3v) is 7.73. The number of amides is 4. The van der Waals surface area contributed by atoms with E-state index >= 15 is 0 Å². The summed E-state index contributed by atoms with van der Waals surface area (Å²) in [4.78, 5) is 74.1. The van der Waals surface area contributed by atoms with E-state index in [9.17, 15) is 24.0 Å². The first-order valence-corrected chi connectivity index (χ1v) is 15.6. The molecule has 5 aromatic rings. The van der Waals surface area contributed by atoms with Crippen molar-refractivity contribution in [2.45, 2.75) is 13.5 Å². The molecule has 6 rings (SSSR count). The van der Waals surface area contributed by atoms with Crippen molar-refractivity contribution in [2.24, 2.45) is 0 Å². The van der Waals surface area contributed by atoms with Gasteiger partial charge in [-0.15, -0.1) is 0 Å². The Bertz CT molecular complexity index is 2290. The first kappa shape index (κ1) is 33.1. The van der Waals surface area contributed by atoms with E-state index in [1.165, 1.54) is 24.4 Å². The van der Waals surface area contributed by atoms with E-state index < -0.39 is 29.1 Å². The van der Waals surface area contributed by atoms with Crippen LogP contribution in [0, 0.1) is 0 Å². The third-order valence-electron chi connectivity index (χ3n) is 7.73. The number of nitrogens with zero attached hydrogens (tertiary/aromatic N) is 2. The summed E-state index contributed by atoms with van der Waals surface area (Å²) in [5, 5.41) is 2.23. The van der Waals surface area contributed by atoms with Gasteiger partial charge in [-0.25, -0.2) is 19.1 Å². The van der Waals surface area contributed by atoms with Gasteiger partial charge in [0.25, 0.3) is 17.4 Å². The predicted octanol–water partition coefficient (Wildman–Crippen LogP) is 5.91. The molecule has 1 aliphatic heterocycles. The van der Waals surface area contributed by atoms with E-state index in [4.69, 9.17) is 4.84 Å². The number of aromatic amines is 1. The average molecular weight is 666 g/mol. The fourth-order valence-corrected chi connectivity index (χ4v) is 5.18. The van der Waals surface area contributed by atoms with Crippen molar-refractivity contribution in [3.05, 3.63) is 177 Å². The number of carbonyl (C=O) groups excluding carboxylic acids is 3. The maximum atomic E-state index is 13.4. The normalized spacial score (nSPS) is 14.3. The molecule has 1 fully saturated rings. The number of carbonyl (C=O) groups is 3. The zero-order valence-electron chi connectivity index (χ0n) is 26.8. The lowest BCUT2D eigenvalue weighted by molar-refractivity contribution is -0.122. The maximum absolute atomic E-state index is 13.4. The molecule has 3 N–H and O–H groups in total. The topological polar surface area (TPSA) is 143 Å². The summed E-state index contributed by atoms with van der Waals surface area (Å²) in [7, 11) is 0. The highest BCUT2D eigenvalue weighted by molar-refractivity contribution is 6.37. The third kappa shape index (κ3) is 7.48. The number of H-pyrrole nitrogens is 1. The Labute approximate surface area is 286 Å². The molecule has 0 radical (unpaired) electrons. The standard InChI is InChI=1S/C39H31N5O6/c1-26(19-21-34-35(45)41-39(49)44(37(34)47)32-16-8-14-29(22-32)28-12-6-3-7-13-28)18-20-30-24-40-38(48)43(36(30)46)33-17-9-15-31(23-33)42-50-25-27-10-4-2-5-11-27/h2-24,42H,25H2,1H3,(H,40,48)(H,41,45,49). The second-order valence-electron chi connectivity index (χ2n) is 11.3. The molecule has 4 aromatic carbocycles. The molecular formula is C39H31N5O6. The molecule has 0 spiro atoms. The number of nitrogens with one attached hydrogen (secondary N) is 3. The minimum absolute atomic E-state index is 0.185. The number of benzene rings is 4. The Morgan fingerprint density at radius 2 is 1.50 bits per heavy atom. The van der Waals surface area contributed by atoms with Crippen molar-refractivity contribution in [1.29, 1.82) is 0 Å². The molecular weight excluding hydrogens is 634 g/mol. The van der Waals surface area contributed by atoms with Crippen LogP contribution in [0.25, 0.3) is 22.9 Å². The number of rotatable bonds is 10. The minimum Gasteiger partial charge on any atom is -0.313 e. The molecule has 2 heterocycles. The summed E-state index contributed by atoms with van der Waals surface area (Å²) < 4.78 is 1.01. The van der Waals surface area contributed by atoms with Crippen LogP contribution in [0.5, 0.6) is 0 Å². The monoisotopic (exact) mass is 665 g/mol. The van der Waals surface area contributed by atoms with Crippen LogP contribution in [0.2, 0.25) is 0 Å². The Hall–Kier alpha value is -6.85. The van der Waals surface area contributed by atoms with Crippen LogP contribution >= 0.6 is 0 Å². The predicted molar refractivity (Wildman–Crippen MR) is 191 cm³/mol. The van der Waals surface area contributed by atoms with E-state index in [1.54, 1.807) is 55.5 Å². The highest BCUT2D eigenvalue weighted by Crippen LogP contribution is 2.27. The molecule has 0 aliphatic carbocycles. The van der Waals surface area contributed by atoms with E-state index in [1.807, 2.05) is 66.7 Å². The highest BCUT2D eigenvalue weighted by atomic mass is 16.6. The Balaban J connectivity index is 1.19. The van der Waals surface area contributed by atoms with Crippen LogP contribution in [0.4, 0.5) is 16.2 Å². The van der Waals surface area contributed by atoms with Crippen LogP contribution in [0.3, 0.4) is 0 Å². The lowest BCUT2D eigenvalue weighted by atomic mass is 10.0. The number of anilines is 2. The largest absolute Gasteiger partial charge is 0.335 e. The molecule has 0 atom stereocenters. The van der Waals surface area contributed by atoms with Gasteiger partial charge in [-0.2, -0.15) is 0 Å². The van der Waals surface area contributed by atoms with Gasteiger partial charge in [0.05, 0.1) is 29.2 Å². The number of barbiturate groups is 1. The SMILES string of the molecule is CC(C=Cc1c[nH]c(=O)n(-c2cccc(NOCc3ccccc3)c2)c1=O)=CC=C1C(=O)NC(=O)N(c2cccc(-c3ccccc3)c2)C1=O. The van der Waals surface area contributed by atoms with Gasteiger partial charge in [0, 0.05) is 6.20 Å². The van der Waals surface area contributed by atoms with Crippen LogP contribution in [0.1, 0.15) is 18.1 Å². The molecule has 248 valence electrons. The summed E-state index contributed by atoms with van der Waals surface area (Å²) in [6.07, 6.45) is 7.26. The minimum atomic E-state index is -0.849. The van der Waals surface area contributed by atoms with Gasteiger partial charge in [-0.3, -0.25) is 30.0 Å². The number of hydrogen-bond acceptors (Lipinski definition) is 7. The number of urea groups is 1. The number of imide groups is 2. The zero-order chi connectivity index (χ0) is 35.0. The second kappa shape index (κ2) is 14.9. The Morgan fingerprint density at radius 3 is 2.28 bits per heavy atom. The van der Waals surface area contributed by atoms with Crippen molar-refractivity contribution in [2.75, 3.05) is 10.4 Å². The molecule has 11 nitrogen and oxygen atoms in total. The van der Waals surface area contributed by atoms with Crippen molar-refractivity contribution in [3.8, 4) is 16.8 Å². The quantitative estimate of drug-likeness (QED) is 0.0729. The molecule has 4 amide bonds. The van der Waals surface area contributed by atoms with Crippen LogP contribution in [0.15, 0.2) is 154 Å². The molecule has 0 unspecified atom stereocenters. The first-order chi connectivity index (χ1) is 24.3. The van der Waals surface area contributed by atoms with Gasteiger partial charge in [-0.1, -0.05) is 96.6 Å². The van der Waals surface area contributed by atoms with Gasteiger partial charge in [-0.05, 0) is 66.1 Å². The molecule has 50 heavy (non-hydrogen) atoms. The summed E-state index contributed by atoms with van der Waals surface area (Å²) in [6.45, 7) is 2.02. The van der Waals surface area contributed by atoms with Gasteiger partial charge < -0.3 is 4.98 Å². The fourth-order valence-electron chi connectivity index (χ4n) is 5.18. The fraction of sp³-hybridized carbons (Fsp3) is 0.0513. The van der Waals surface area contributed by atoms with Crippen LogP contribution < -0.4 is 26.9 Å². The van der Waals surface area contributed by atoms with Gasteiger partial charge >= 0.3 is 11.7 Å². The molecule has 0 bridgehead atoms. The molecule has 1 aliphatic rings. The van der Waals surface area contributed by atoms with Crippen molar-refractivity contribution < 1.29 is 19.2 Å². The number of allylic oxidation sites excluding steroid dienone is 4. The molecule has 1 saturated heterocycles. The highest BCUT2D eigenvalue weighted by Gasteiger charge is 2.36. The summed E-state index contributed by atoms with van der Waals surface area (Å²) >= 11 is 0. The molecule has 11 heteroatoms. The van der Waals surface area contributed by atoms with Crippen LogP contribution in [-0.4, -0.2) is 27.4 Å². The van der Waals surface area contributed by atoms with Crippen molar-refractivity contribution in [3.63, 3.8) is 0 Å². The first-order valence-electron chi connectivity index (χ1n) is 15.6. The summed E-state index contributed by atoms with van der Waals surface area (Å²) in [5.41, 5.74) is 6.02. The summed E-state index contributed by atoms with van der Waals surface area (Å²) in [5.74, 6) is -1.60. The Kier molecular flexibility index (Phi) is 9.87. The van der Waals surface area contributed by atoms with E-state index in [-0.39, 0.29) is 11.1 Å². The summed E-state index contributed by atoms with van der Waals surface area (Å²) in [6, 6.07) is 31.8. The van der Waals surface area contributed by atoms with E-state index in [2.05, 4.69) is 15.8 Å². The Morgan fingerprint density at radius 1 is 0.800 bits per heavy atom.